The van der Waals surface area contributed by atoms with Crippen LogP contribution in [0.25, 0.3) is 0 Å². The maximum atomic E-state index is 2.38. The third-order valence-corrected chi connectivity index (χ3v) is 7.24. The molecule has 0 aromatic heterocycles. The van der Waals surface area contributed by atoms with E-state index in [1.165, 1.54) is 33.4 Å². The molecule has 0 radical (unpaired) electrons. The molecule has 0 aliphatic rings. The van der Waals surface area contributed by atoms with Crippen LogP contribution in [0.2, 0.25) is 0 Å². The SMILES string of the molecule is Cc1ccc(N(c2ccc(C)cc2)c2cc(C)c(C)cc2N(c2ccc(C)cc2)c2ccc(C)cc2)cc1. The average Bonchev–Trinajstić information content (AvgIpc) is 2.91. The summed E-state index contributed by atoms with van der Waals surface area (Å²) in [7, 11) is 0. The molecule has 5 rings (SSSR count). The van der Waals surface area contributed by atoms with Crippen molar-refractivity contribution in [3.05, 3.63) is 143 Å². The second-order valence-electron chi connectivity index (χ2n) is 10.4. The molecule has 2 heteroatoms. The number of rotatable bonds is 6. The molecule has 0 saturated carbocycles. The molecular formula is C36H36N2. The van der Waals surface area contributed by atoms with Gasteiger partial charge in [-0.15, -0.1) is 0 Å². The number of anilines is 6. The standard InChI is InChI=1S/C36H36N2/c1-25-7-15-31(16-8-25)37(32-17-9-26(2)10-18-32)35-23-29(5)30(6)24-36(35)38(33-19-11-27(3)12-20-33)34-21-13-28(4)14-22-34/h7-24H,1-6H3. The molecule has 0 bridgehead atoms. The second-order valence-corrected chi connectivity index (χ2v) is 10.4. The van der Waals surface area contributed by atoms with Gasteiger partial charge in [-0.05, 0) is 113 Å². The zero-order valence-electron chi connectivity index (χ0n) is 23.3. The first-order valence-electron chi connectivity index (χ1n) is 13.3. The van der Waals surface area contributed by atoms with Gasteiger partial charge in [-0.3, -0.25) is 0 Å². The molecule has 38 heavy (non-hydrogen) atoms. The molecule has 0 aliphatic carbocycles. The van der Waals surface area contributed by atoms with Gasteiger partial charge in [0.05, 0.1) is 11.4 Å². The topological polar surface area (TPSA) is 6.48 Å². The van der Waals surface area contributed by atoms with Crippen LogP contribution in [0.4, 0.5) is 34.1 Å². The van der Waals surface area contributed by atoms with Crippen LogP contribution in [0, 0.1) is 41.5 Å². The predicted octanol–water partition coefficient (Wildman–Crippen LogP) is 10.5. The summed E-state index contributed by atoms with van der Waals surface area (Å²) in [4.78, 5) is 4.77. The van der Waals surface area contributed by atoms with Crippen LogP contribution in [0.15, 0.2) is 109 Å². The fourth-order valence-electron chi connectivity index (χ4n) is 4.77. The van der Waals surface area contributed by atoms with Crippen molar-refractivity contribution in [2.24, 2.45) is 0 Å². The minimum atomic E-state index is 1.14. The van der Waals surface area contributed by atoms with E-state index in [-0.39, 0.29) is 0 Å². The largest absolute Gasteiger partial charge is 0.308 e. The zero-order chi connectivity index (χ0) is 26.8. The van der Waals surface area contributed by atoms with Gasteiger partial charge in [0, 0.05) is 22.7 Å². The first kappa shape index (κ1) is 25.4. The molecule has 0 spiro atoms. The minimum Gasteiger partial charge on any atom is -0.308 e. The normalized spacial score (nSPS) is 10.9. The molecule has 0 unspecified atom stereocenters. The highest BCUT2D eigenvalue weighted by Gasteiger charge is 2.23. The molecule has 0 aliphatic heterocycles. The number of hydrogen-bond acceptors (Lipinski definition) is 2. The third kappa shape index (κ3) is 5.21. The van der Waals surface area contributed by atoms with Crippen LogP contribution < -0.4 is 9.80 Å². The Hall–Kier alpha value is -4.30. The van der Waals surface area contributed by atoms with Gasteiger partial charge < -0.3 is 9.80 Å². The Morgan fingerprint density at radius 3 is 0.737 bits per heavy atom. The van der Waals surface area contributed by atoms with E-state index in [1.54, 1.807) is 0 Å². The van der Waals surface area contributed by atoms with E-state index < -0.39 is 0 Å². The maximum Gasteiger partial charge on any atom is 0.0705 e. The highest BCUT2D eigenvalue weighted by atomic mass is 15.2. The van der Waals surface area contributed by atoms with Gasteiger partial charge in [0.1, 0.15) is 0 Å². The highest BCUT2D eigenvalue weighted by molar-refractivity contribution is 5.92. The fraction of sp³-hybridized carbons (Fsp3) is 0.167. The summed E-state index contributed by atoms with van der Waals surface area (Å²) < 4.78 is 0. The van der Waals surface area contributed by atoms with Crippen LogP contribution in [-0.4, -0.2) is 0 Å². The lowest BCUT2D eigenvalue weighted by Crippen LogP contribution is -2.17. The number of aryl methyl sites for hydroxylation is 6. The van der Waals surface area contributed by atoms with Crippen molar-refractivity contribution >= 4 is 34.1 Å². The van der Waals surface area contributed by atoms with Crippen molar-refractivity contribution < 1.29 is 0 Å². The first-order valence-corrected chi connectivity index (χ1v) is 13.3. The van der Waals surface area contributed by atoms with E-state index >= 15 is 0 Å². The summed E-state index contributed by atoms with van der Waals surface area (Å²) in [5.41, 5.74) is 14.3. The van der Waals surface area contributed by atoms with Crippen molar-refractivity contribution in [1.29, 1.82) is 0 Å². The van der Waals surface area contributed by atoms with Gasteiger partial charge in [0.15, 0.2) is 0 Å². The van der Waals surface area contributed by atoms with Crippen molar-refractivity contribution in [2.75, 3.05) is 9.80 Å². The molecule has 2 nitrogen and oxygen atoms in total. The Labute approximate surface area is 227 Å². The lowest BCUT2D eigenvalue weighted by atomic mass is 10.0. The number of nitrogens with zero attached hydrogens (tertiary/aromatic N) is 2. The van der Waals surface area contributed by atoms with Gasteiger partial charge in [-0.25, -0.2) is 0 Å². The summed E-state index contributed by atoms with van der Waals surface area (Å²) in [5.74, 6) is 0. The van der Waals surface area contributed by atoms with E-state index in [9.17, 15) is 0 Å². The molecule has 5 aromatic rings. The monoisotopic (exact) mass is 496 g/mol. The Kier molecular flexibility index (Phi) is 7.07. The molecular weight excluding hydrogens is 460 g/mol. The average molecular weight is 497 g/mol. The third-order valence-electron chi connectivity index (χ3n) is 7.24. The summed E-state index contributed by atoms with van der Waals surface area (Å²) >= 11 is 0. The zero-order valence-corrected chi connectivity index (χ0v) is 23.3. The van der Waals surface area contributed by atoms with Crippen molar-refractivity contribution in [3.63, 3.8) is 0 Å². The van der Waals surface area contributed by atoms with E-state index in [0.29, 0.717) is 0 Å². The van der Waals surface area contributed by atoms with Gasteiger partial charge >= 0.3 is 0 Å². The van der Waals surface area contributed by atoms with Crippen LogP contribution in [-0.2, 0) is 0 Å². The Morgan fingerprint density at radius 2 is 0.526 bits per heavy atom. The molecule has 0 saturated heterocycles. The van der Waals surface area contributed by atoms with Crippen LogP contribution in [0.1, 0.15) is 33.4 Å². The molecule has 0 atom stereocenters. The quantitative estimate of drug-likeness (QED) is 0.231. The summed E-state index contributed by atoms with van der Waals surface area (Å²) in [5, 5.41) is 0. The second kappa shape index (κ2) is 10.6. The molecule has 0 heterocycles. The Bertz CT molecular complexity index is 1320. The Balaban J connectivity index is 1.81. The molecule has 0 amide bonds. The van der Waals surface area contributed by atoms with Crippen LogP contribution in [0.3, 0.4) is 0 Å². The van der Waals surface area contributed by atoms with E-state index in [1.807, 2.05) is 0 Å². The lowest BCUT2D eigenvalue weighted by molar-refractivity contribution is 1.19. The van der Waals surface area contributed by atoms with Crippen LogP contribution in [0.5, 0.6) is 0 Å². The Morgan fingerprint density at radius 1 is 0.316 bits per heavy atom. The van der Waals surface area contributed by atoms with Crippen LogP contribution >= 0.6 is 0 Å². The van der Waals surface area contributed by atoms with E-state index in [0.717, 1.165) is 34.1 Å². The van der Waals surface area contributed by atoms with Gasteiger partial charge in [0.25, 0.3) is 0 Å². The van der Waals surface area contributed by atoms with Gasteiger partial charge in [-0.1, -0.05) is 70.8 Å². The summed E-state index contributed by atoms with van der Waals surface area (Å²) in [6.07, 6.45) is 0. The molecule has 5 aromatic carbocycles. The number of hydrogen-bond donors (Lipinski definition) is 0. The minimum absolute atomic E-state index is 1.14. The molecule has 0 N–H and O–H groups in total. The van der Waals surface area contributed by atoms with Crippen molar-refractivity contribution in [1.82, 2.24) is 0 Å². The lowest BCUT2D eigenvalue weighted by Gasteiger charge is -2.34. The van der Waals surface area contributed by atoms with Crippen molar-refractivity contribution in [3.8, 4) is 0 Å². The van der Waals surface area contributed by atoms with E-state index in [2.05, 4.69) is 161 Å². The molecule has 0 fully saturated rings. The summed E-state index contributed by atoms with van der Waals surface area (Å²) in [6, 6.07) is 39.9. The summed E-state index contributed by atoms with van der Waals surface area (Å²) in [6.45, 7) is 13.0. The van der Waals surface area contributed by atoms with Crippen molar-refractivity contribution in [2.45, 2.75) is 41.5 Å². The highest BCUT2D eigenvalue weighted by Crippen LogP contribution is 2.46. The number of benzene rings is 5. The smallest absolute Gasteiger partial charge is 0.0705 e. The maximum absolute atomic E-state index is 2.38. The first-order chi connectivity index (χ1) is 18.3. The predicted molar refractivity (Wildman–Crippen MR) is 164 cm³/mol. The van der Waals surface area contributed by atoms with Gasteiger partial charge in [-0.2, -0.15) is 0 Å². The molecule has 190 valence electrons. The fourth-order valence-corrected chi connectivity index (χ4v) is 4.77. The van der Waals surface area contributed by atoms with Gasteiger partial charge in [0.2, 0.25) is 0 Å². The van der Waals surface area contributed by atoms with E-state index in [4.69, 9.17) is 0 Å².